The van der Waals surface area contributed by atoms with Gasteiger partial charge in [-0.3, -0.25) is 14.9 Å². The lowest BCUT2D eigenvalue weighted by Crippen LogP contribution is -2.05. The number of benzene rings is 12. The van der Waals surface area contributed by atoms with Gasteiger partial charge in [-0.1, -0.05) is 158 Å². The highest BCUT2D eigenvalue weighted by molar-refractivity contribution is 7.48. The zero-order valence-corrected chi connectivity index (χ0v) is 58.0. The van der Waals surface area contributed by atoms with Gasteiger partial charge >= 0.3 is 0 Å². The van der Waals surface area contributed by atoms with Gasteiger partial charge in [-0.15, -0.1) is 0 Å². The van der Waals surface area contributed by atoms with Crippen LogP contribution in [0.2, 0.25) is 0 Å². The van der Waals surface area contributed by atoms with E-state index in [0.717, 1.165) is 62.9 Å². The summed E-state index contributed by atoms with van der Waals surface area (Å²) in [6.45, 7) is 11.5. The Hall–Kier alpha value is -9.59. The molecule has 4 aliphatic heterocycles. The minimum absolute atomic E-state index is 0.0210. The molecule has 482 valence electrons. The number of nitro groups is 1. The van der Waals surface area contributed by atoms with E-state index in [1.54, 1.807) is 37.0 Å². The lowest BCUT2D eigenvalue weighted by molar-refractivity contribution is -0.384. The number of nitrogens with zero attached hydrogens (tertiary/aromatic N) is 1. The van der Waals surface area contributed by atoms with Crippen molar-refractivity contribution in [1.29, 1.82) is 0 Å². The first-order valence-electron chi connectivity index (χ1n) is 30.2. The fourth-order valence-corrected chi connectivity index (χ4v) is 16.4. The van der Waals surface area contributed by atoms with Gasteiger partial charge in [0.25, 0.3) is 39.2 Å². The third-order valence-electron chi connectivity index (χ3n) is 15.2. The molecule has 6 heterocycles. The fourth-order valence-electron chi connectivity index (χ4n) is 11.0. The molecule has 0 fully saturated rings. The number of aryl methyl sites for hydroxylation is 2. The van der Waals surface area contributed by atoms with Crippen molar-refractivity contribution >= 4 is 131 Å². The average molecular weight is 1390 g/mol. The molecule has 2 aromatic heterocycles. The standard InChI is InChI=1S/C22H17O2P.C14H11O3P.C13H11O2P.C11H9O2P.C7H6NO4P.C7H7O2P/c1-25-23-21-12-10-15-6-2-4-8-17(15)19(21)14-20-18-9-5-3-7-16(18)11-13-22(20)24-25;1-18-16-12-8-4-2-6-10(12)14(15)11-7-3-5-9-13(11)17-18;1-16-14-12-8-4-2-6-10(12)11-7-3-5-9-13(11)15-16;1-14-12-10-6-8-4-2-3-5-9(8)7-11(10)13-14;1-13-11-6-3-2-5(8(9)10)4-7(6)12-13;1-10-8-6-4-2-3-5-7(6)9-10/h2-13H,14H2,1H3;2-9H,1H3;2-9H,1H3;2-7H,1H3;2-4H,1H3;2-5H,1H3. The van der Waals surface area contributed by atoms with Gasteiger partial charge in [-0.05, 0) is 111 Å². The molecule has 14 aromatic rings. The van der Waals surface area contributed by atoms with Crippen molar-refractivity contribution in [2.75, 3.05) is 26.7 Å². The van der Waals surface area contributed by atoms with E-state index in [2.05, 4.69) is 97.1 Å². The molecule has 0 radical (unpaired) electrons. The number of fused-ring (bicyclic) bond motifs is 15. The molecule has 0 N–H and O–H groups in total. The van der Waals surface area contributed by atoms with Crippen molar-refractivity contribution in [1.82, 2.24) is 0 Å². The number of rotatable bonds is 1. The summed E-state index contributed by atoms with van der Waals surface area (Å²) in [4.78, 5) is 22.4. The molecule has 0 amide bonds. The second kappa shape index (κ2) is 29.6. The summed E-state index contributed by atoms with van der Waals surface area (Å²) in [6.07, 6.45) is 0.802. The third kappa shape index (κ3) is 15.1. The highest BCUT2D eigenvalue weighted by Crippen LogP contribution is 2.53. The summed E-state index contributed by atoms with van der Waals surface area (Å²) in [7, 11) is -5.38. The van der Waals surface area contributed by atoms with Crippen LogP contribution in [0, 0.1) is 10.1 Å². The zero-order chi connectivity index (χ0) is 66.2. The van der Waals surface area contributed by atoms with Gasteiger partial charge in [0.05, 0.1) is 21.8 Å². The zero-order valence-electron chi connectivity index (χ0n) is 52.6. The molecule has 0 bridgehead atoms. The normalized spacial score (nSPS) is 13.8. The van der Waals surface area contributed by atoms with Gasteiger partial charge in [-0.2, -0.15) is 0 Å². The minimum atomic E-state index is -1.08. The Morgan fingerprint density at radius 1 is 0.302 bits per heavy atom. The molecule has 22 heteroatoms. The highest BCUT2D eigenvalue weighted by Gasteiger charge is 2.26. The number of non-ortho nitro benzene ring substituents is 1. The van der Waals surface area contributed by atoms with E-state index in [4.69, 9.17) is 53.0 Å². The van der Waals surface area contributed by atoms with Crippen molar-refractivity contribution in [3.8, 4) is 46.0 Å². The monoisotopic (exact) mass is 1390 g/mol. The molecule has 0 saturated carbocycles. The molecule has 0 spiro atoms. The van der Waals surface area contributed by atoms with Gasteiger partial charge in [0.15, 0.2) is 34.5 Å². The van der Waals surface area contributed by atoms with E-state index in [9.17, 15) is 14.9 Å². The number of hydrogen-bond acceptors (Lipinski definition) is 15. The number of hydrogen-bond donors (Lipinski definition) is 0. The molecule has 1 atom stereocenters. The van der Waals surface area contributed by atoms with E-state index >= 15 is 0 Å². The summed E-state index contributed by atoms with van der Waals surface area (Å²) in [5.41, 5.74) is 5.43. The summed E-state index contributed by atoms with van der Waals surface area (Å²) in [5, 5.41) is 21.2. The molecule has 0 aliphatic carbocycles. The molecule has 96 heavy (non-hydrogen) atoms. The van der Waals surface area contributed by atoms with Crippen molar-refractivity contribution in [3.05, 3.63) is 280 Å². The van der Waals surface area contributed by atoms with Crippen molar-refractivity contribution < 1.29 is 57.9 Å². The molecular formula is C74H61NO15P6. The molecule has 4 aliphatic rings. The lowest BCUT2D eigenvalue weighted by Gasteiger charge is -2.24. The van der Waals surface area contributed by atoms with E-state index in [-0.39, 0.29) is 11.1 Å². The minimum Gasteiger partial charge on any atom is -0.438 e. The maximum Gasteiger partial charge on any atom is 0.287 e. The first-order valence-corrected chi connectivity index (χ1v) is 39.9. The third-order valence-corrected chi connectivity index (χ3v) is 20.6. The van der Waals surface area contributed by atoms with Gasteiger partial charge in [0, 0.05) is 74.4 Å². The van der Waals surface area contributed by atoms with Crippen molar-refractivity contribution in [3.63, 3.8) is 0 Å². The molecule has 18 rings (SSSR count). The van der Waals surface area contributed by atoms with Crippen LogP contribution in [0.25, 0.3) is 76.2 Å². The molecule has 12 aromatic carbocycles. The average Bonchev–Trinajstić information content (AvgIpc) is 1.07. The first-order chi connectivity index (χ1) is 46.7. The van der Waals surface area contributed by atoms with Crippen LogP contribution in [0.1, 0.15) is 11.1 Å². The van der Waals surface area contributed by atoms with Gasteiger partial charge in [0.2, 0.25) is 21.5 Å². The Bertz CT molecular complexity index is 5080. The molecular weight excluding hydrogens is 1330 g/mol. The maximum atomic E-state index is 12.4. The van der Waals surface area contributed by atoms with Crippen LogP contribution in [-0.2, 0) is 19.8 Å². The highest BCUT2D eigenvalue weighted by atomic mass is 31.2. The Kier molecular flexibility index (Phi) is 20.1. The predicted octanol–water partition coefficient (Wildman–Crippen LogP) is 23.6. The van der Waals surface area contributed by atoms with Gasteiger partial charge < -0.3 is 53.0 Å². The Labute approximate surface area is 558 Å². The maximum absolute atomic E-state index is 12.4. The van der Waals surface area contributed by atoms with Gasteiger partial charge in [0.1, 0.15) is 33.8 Å². The van der Waals surface area contributed by atoms with E-state index in [1.807, 2.05) is 143 Å². The van der Waals surface area contributed by atoms with Crippen LogP contribution < -0.4 is 41.6 Å². The summed E-state index contributed by atoms with van der Waals surface area (Å²) in [5.74, 6) is 6.40. The predicted molar refractivity (Wildman–Crippen MR) is 391 cm³/mol. The van der Waals surface area contributed by atoms with E-state index < -0.39 is 54.5 Å². The summed E-state index contributed by atoms with van der Waals surface area (Å²) >= 11 is 0. The SMILES string of the molecule is CP1Oc2cc3ccccc3cc2O1.CP1Oc2ccc([N+](=O)[O-])cc2O1.CP1Oc2ccc3ccccc3c2Cc2c(ccc3ccccc23)O1.CP1Oc2ccccc2O1.Cp1oc2ccccc2c(=O)c2ccccc2o1.Cp1oc2ccccc2c2ccccc2o1. The largest absolute Gasteiger partial charge is 0.438 e. The second-order valence-corrected chi connectivity index (χ2v) is 29.2. The molecule has 16 nitrogen and oxygen atoms in total. The van der Waals surface area contributed by atoms with Crippen LogP contribution in [0.15, 0.2) is 270 Å². The topological polar surface area (TPSA) is 187 Å². The summed E-state index contributed by atoms with van der Waals surface area (Å²) < 4.78 is 67.6. The van der Waals surface area contributed by atoms with E-state index in [1.165, 1.54) is 55.6 Å². The number of nitro benzene ring substituents is 1. The lowest BCUT2D eigenvalue weighted by atomic mass is 9.93. The van der Waals surface area contributed by atoms with Gasteiger partial charge in [-0.25, -0.2) is 0 Å². The Morgan fingerprint density at radius 2 is 0.594 bits per heavy atom. The summed E-state index contributed by atoms with van der Waals surface area (Å²) in [6, 6.07) is 80.4. The number of para-hydroxylation sites is 6. The van der Waals surface area contributed by atoms with Crippen LogP contribution in [0.3, 0.4) is 0 Å². The first kappa shape index (κ1) is 65.1. The Morgan fingerprint density at radius 3 is 1.00 bits per heavy atom. The quantitative estimate of drug-likeness (QED) is 0.0857. The molecule has 0 saturated heterocycles. The van der Waals surface area contributed by atoms with Crippen LogP contribution in [0.5, 0.6) is 46.0 Å². The van der Waals surface area contributed by atoms with E-state index in [0.29, 0.717) is 33.4 Å². The van der Waals surface area contributed by atoms with Crippen LogP contribution >= 0.6 is 49.5 Å². The fraction of sp³-hybridized carbons (Fsp3) is 0.0946. The molecule has 1 unspecified atom stereocenters. The van der Waals surface area contributed by atoms with Crippen molar-refractivity contribution in [2.24, 2.45) is 13.3 Å². The van der Waals surface area contributed by atoms with Crippen LogP contribution in [0.4, 0.5) is 5.69 Å². The van der Waals surface area contributed by atoms with Crippen molar-refractivity contribution in [2.45, 2.75) is 6.42 Å². The smallest absolute Gasteiger partial charge is 0.287 e. The van der Waals surface area contributed by atoms with Crippen LogP contribution in [-0.4, -0.2) is 31.6 Å². The second-order valence-electron chi connectivity index (χ2n) is 21.7. The Balaban J connectivity index is 0.000000107.